The lowest BCUT2D eigenvalue weighted by molar-refractivity contribution is -0.122. The smallest absolute Gasteiger partial charge is 0.242 e. The van der Waals surface area contributed by atoms with Crippen molar-refractivity contribution in [3.05, 3.63) is 95.8 Å². The van der Waals surface area contributed by atoms with Gasteiger partial charge in [0, 0.05) is 44.1 Å². The number of amides is 1. The molecule has 7 heteroatoms. The lowest BCUT2D eigenvalue weighted by Gasteiger charge is -2.38. The van der Waals surface area contributed by atoms with Crippen molar-refractivity contribution in [2.24, 2.45) is 0 Å². The van der Waals surface area contributed by atoms with E-state index in [1.807, 2.05) is 54.3 Å². The number of hydrogen-bond acceptors (Lipinski definition) is 3. The minimum Gasteiger partial charge on any atom is -0.369 e. The highest BCUT2D eigenvalue weighted by Crippen LogP contribution is 2.48. The van der Waals surface area contributed by atoms with Crippen LogP contribution < -0.4 is 9.80 Å². The summed E-state index contributed by atoms with van der Waals surface area (Å²) in [7, 11) is 0. The molecule has 1 atom stereocenters. The Hall–Kier alpha value is -2.60. The van der Waals surface area contributed by atoms with Crippen molar-refractivity contribution < 1.29 is 9.18 Å². The van der Waals surface area contributed by atoms with Gasteiger partial charge in [0.05, 0.1) is 0 Å². The minimum absolute atomic E-state index is 0. The summed E-state index contributed by atoms with van der Waals surface area (Å²) in [6.07, 6.45) is 0.750. The predicted octanol–water partition coefficient (Wildman–Crippen LogP) is 5.53. The molecule has 186 valence electrons. The number of anilines is 2. The summed E-state index contributed by atoms with van der Waals surface area (Å²) < 4.78 is 13.3. The van der Waals surface area contributed by atoms with Gasteiger partial charge in [-0.1, -0.05) is 48.5 Å². The quantitative estimate of drug-likeness (QED) is 0.431. The number of para-hydroxylation sites is 1. The third-order valence-electron chi connectivity index (χ3n) is 7.21. The number of nitrogens with zero attached hydrogens (tertiary/aromatic N) is 3. The number of carbonyl (C=O) groups is 1. The Balaban J connectivity index is 0.00000171. The van der Waals surface area contributed by atoms with Gasteiger partial charge in [-0.15, -0.1) is 24.8 Å². The monoisotopic (exact) mass is 515 g/mol. The van der Waals surface area contributed by atoms with Crippen LogP contribution in [0.3, 0.4) is 0 Å². The van der Waals surface area contributed by atoms with Crippen molar-refractivity contribution in [3.63, 3.8) is 0 Å². The van der Waals surface area contributed by atoms with Gasteiger partial charge in [0.2, 0.25) is 5.91 Å². The summed E-state index contributed by atoms with van der Waals surface area (Å²) in [6.45, 7) is 7.21. The van der Waals surface area contributed by atoms with E-state index in [0.29, 0.717) is 6.54 Å². The third-order valence-corrected chi connectivity index (χ3v) is 7.21. The van der Waals surface area contributed by atoms with Crippen molar-refractivity contribution in [2.45, 2.75) is 18.8 Å². The maximum Gasteiger partial charge on any atom is 0.242 e. The maximum absolute atomic E-state index is 13.9. The molecule has 0 saturated carbocycles. The first-order valence-electron chi connectivity index (χ1n) is 11.8. The molecule has 1 saturated heterocycles. The van der Waals surface area contributed by atoms with Crippen LogP contribution in [0.4, 0.5) is 15.8 Å². The molecule has 3 aromatic rings. The number of likely N-dealkylation sites (N-methyl/N-ethyl adjacent to an activating group) is 1. The molecule has 2 aliphatic rings. The topological polar surface area (TPSA) is 26.8 Å². The maximum atomic E-state index is 13.9. The molecular weight excluding hydrogens is 484 g/mol. The highest BCUT2D eigenvalue weighted by molar-refractivity contribution is 6.10. The molecule has 0 aromatic heterocycles. The van der Waals surface area contributed by atoms with Crippen LogP contribution in [0, 0.1) is 5.82 Å². The van der Waals surface area contributed by atoms with Gasteiger partial charge < -0.3 is 9.80 Å². The Morgan fingerprint density at radius 2 is 1.46 bits per heavy atom. The molecule has 1 fully saturated rings. The normalized spacial score (nSPS) is 19.7. The third kappa shape index (κ3) is 4.90. The minimum atomic E-state index is -0.651. The fourth-order valence-corrected chi connectivity index (χ4v) is 5.43. The first-order valence-corrected chi connectivity index (χ1v) is 11.8. The average molecular weight is 516 g/mol. The Morgan fingerprint density at radius 3 is 2.11 bits per heavy atom. The molecule has 35 heavy (non-hydrogen) atoms. The number of halogens is 3. The highest BCUT2D eigenvalue weighted by atomic mass is 35.5. The van der Waals surface area contributed by atoms with Crippen LogP contribution >= 0.6 is 24.8 Å². The molecular formula is C28H32Cl2FN3O. The lowest BCUT2D eigenvalue weighted by atomic mass is 9.72. The Labute approximate surface area is 219 Å². The number of hydrogen-bond donors (Lipinski definition) is 0. The molecule has 4 nitrogen and oxygen atoms in total. The summed E-state index contributed by atoms with van der Waals surface area (Å²) in [5.41, 5.74) is 3.64. The fourth-order valence-electron chi connectivity index (χ4n) is 5.43. The summed E-state index contributed by atoms with van der Waals surface area (Å²) in [6, 6.07) is 25.3. The molecule has 5 rings (SSSR count). The summed E-state index contributed by atoms with van der Waals surface area (Å²) in [4.78, 5) is 20.6. The van der Waals surface area contributed by atoms with E-state index in [1.54, 1.807) is 0 Å². The van der Waals surface area contributed by atoms with E-state index in [2.05, 4.69) is 34.1 Å². The lowest BCUT2D eigenvalue weighted by Crippen LogP contribution is -2.49. The molecule has 0 N–H and O–H groups in total. The van der Waals surface area contributed by atoms with E-state index in [4.69, 9.17) is 0 Å². The van der Waals surface area contributed by atoms with E-state index in [-0.39, 0.29) is 36.5 Å². The molecule has 1 amide bonds. The predicted molar refractivity (Wildman–Crippen MR) is 146 cm³/mol. The van der Waals surface area contributed by atoms with Gasteiger partial charge >= 0.3 is 0 Å². The molecule has 0 radical (unpaired) electrons. The standard InChI is InChI=1S/C28H30FN3O.2ClH/c1-2-32-26-11-7-6-10-25(26)28(27(32)33,22-8-4-3-5-9-22)16-17-30-18-20-31(21-19-30)24-14-12-23(29)13-15-24;;/h3-15H,2,16-21H2,1H3;2*1H. The zero-order valence-corrected chi connectivity index (χ0v) is 21.5. The Morgan fingerprint density at radius 1 is 0.829 bits per heavy atom. The fraction of sp³-hybridized carbons (Fsp3) is 0.321. The van der Waals surface area contributed by atoms with Crippen LogP contribution in [-0.4, -0.2) is 50.1 Å². The van der Waals surface area contributed by atoms with Crippen molar-refractivity contribution in [3.8, 4) is 0 Å². The summed E-state index contributed by atoms with van der Waals surface area (Å²) >= 11 is 0. The first-order chi connectivity index (χ1) is 16.1. The van der Waals surface area contributed by atoms with E-state index in [9.17, 15) is 9.18 Å². The van der Waals surface area contributed by atoms with Crippen LogP contribution in [0.15, 0.2) is 78.9 Å². The highest BCUT2D eigenvalue weighted by Gasteiger charge is 2.51. The molecule has 2 aliphatic heterocycles. The molecule has 0 bridgehead atoms. The van der Waals surface area contributed by atoms with Crippen LogP contribution in [-0.2, 0) is 10.2 Å². The van der Waals surface area contributed by atoms with Crippen molar-refractivity contribution in [1.29, 1.82) is 0 Å². The molecule has 2 heterocycles. The second-order valence-corrected chi connectivity index (χ2v) is 8.89. The van der Waals surface area contributed by atoms with Gasteiger partial charge in [0.25, 0.3) is 0 Å². The van der Waals surface area contributed by atoms with Crippen molar-refractivity contribution in [2.75, 3.05) is 49.1 Å². The van der Waals surface area contributed by atoms with E-state index in [1.165, 1.54) is 12.1 Å². The average Bonchev–Trinajstić information content (AvgIpc) is 3.12. The SMILES string of the molecule is CCN1C(=O)C(CCN2CCN(c3ccc(F)cc3)CC2)(c2ccccc2)c2ccccc21.Cl.Cl. The Bertz CT molecular complexity index is 1120. The zero-order chi connectivity index (χ0) is 22.8. The van der Waals surface area contributed by atoms with Gasteiger partial charge in [-0.2, -0.15) is 0 Å². The van der Waals surface area contributed by atoms with Gasteiger partial charge in [0.1, 0.15) is 11.2 Å². The van der Waals surface area contributed by atoms with Crippen molar-refractivity contribution >= 4 is 42.1 Å². The van der Waals surface area contributed by atoms with E-state index < -0.39 is 5.41 Å². The molecule has 1 unspecified atom stereocenters. The van der Waals surface area contributed by atoms with E-state index >= 15 is 0 Å². The van der Waals surface area contributed by atoms with Crippen LogP contribution in [0.5, 0.6) is 0 Å². The summed E-state index contributed by atoms with van der Waals surface area (Å²) in [5, 5.41) is 0. The van der Waals surface area contributed by atoms with Gasteiger partial charge in [-0.25, -0.2) is 4.39 Å². The molecule has 0 spiro atoms. The number of carbonyl (C=O) groups excluding carboxylic acids is 1. The van der Waals surface area contributed by atoms with E-state index in [0.717, 1.165) is 61.6 Å². The second-order valence-electron chi connectivity index (χ2n) is 8.89. The number of fused-ring (bicyclic) bond motifs is 1. The first kappa shape index (κ1) is 27.0. The van der Waals surface area contributed by atoms with Gasteiger partial charge in [-0.3, -0.25) is 9.69 Å². The summed E-state index contributed by atoms with van der Waals surface area (Å²) in [5.74, 6) is -0.0198. The second kappa shape index (κ2) is 11.4. The van der Waals surface area contributed by atoms with Gasteiger partial charge in [-0.05, 0) is 61.3 Å². The molecule has 3 aromatic carbocycles. The molecule has 0 aliphatic carbocycles. The van der Waals surface area contributed by atoms with Gasteiger partial charge in [0.15, 0.2) is 0 Å². The van der Waals surface area contributed by atoms with Crippen LogP contribution in [0.1, 0.15) is 24.5 Å². The van der Waals surface area contributed by atoms with Crippen LogP contribution in [0.2, 0.25) is 0 Å². The largest absolute Gasteiger partial charge is 0.369 e. The number of piperazine rings is 1. The van der Waals surface area contributed by atoms with Crippen molar-refractivity contribution in [1.82, 2.24) is 4.90 Å². The van der Waals surface area contributed by atoms with Crippen LogP contribution in [0.25, 0.3) is 0 Å². The number of benzene rings is 3. The Kier molecular flexibility index (Phi) is 8.81. The zero-order valence-electron chi connectivity index (χ0n) is 19.9. The number of rotatable bonds is 6.